The summed E-state index contributed by atoms with van der Waals surface area (Å²) >= 11 is 0. The lowest BCUT2D eigenvalue weighted by atomic mass is 9.91. The van der Waals surface area contributed by atoms with Gasteiger partial charge in [0.05, 0.1) is 5.56 Å². The first-order chi connectivity index (χ1) is 11.7. The van der Waals surface area contributed by atoms with E-state index in [0.29, 0.717) is 17.9 Å². The number of carbonyl (C=O) groups is 1. The Bertz CT molecular complexity index is 772. The highest BCUT2D eigenvalue weighted by Gasteiger charge is 2.24. The summed E-state index contributed by atoms with van der Waals surface area (Å²) in [6.45, 7) is 0.418. The van der Waals surface area contributed by atoms with Crippen molar-refractivity contribution in [3.05, 3.63) is 59.2 Å². The van der Waals surface area contributed by atoms with Crippen molar-refractivity contribution in [3.63, 3.8) is 0 Å². The summed E-state index contributed by atoms with van der Waals surface area (Å²) < 4.78 is 5.91. The van der Waals surface area contributed by atoms with Crippen LogP contribution in [0.2, 0.25) is 0 Å². The van der Waals surface area contributed by atoms with Crippen LogP contribution in [0.15, 0.2) is 42.5 Å². The van der Waals surface area contributed by atoms with E-state index in [2.05, 4.69) is 5.32 Å². The van der Waals surface area contributed by atoms with Crippen LogP contribution in [-0.2, 0) is 6.61 Å². The van der Waals surface area contributed by atoms with E-state index in [1.165, 1.54) is 12.8 Å². The molecule has 2 aromatic rings. The van der Waals surface area contributed by atoms with E-state index in [0.717, 1.165) is 29.7 Å². The average molecular weight is 322 g/mol. The lowest BCUT2D eigenvalue weighted by molar-refractivity contribution is 0.103. The summed E-state index contributed by atoms with van der Waals surface area (Å²) in [6.07, 6.45) is 4.57. The van der Waals surface area contributed by atoms with Crippen molar-refractivity contribution < 1.29 is 9.53 Å². The average Bonchev–Trinajstić information content (AvgIpc) is 2.75. The smallest absolute Gasteiger partial charge is 0.197 e. The quantitative estimate of drug-likeness (QED) is 0.888. The molecule has 1 aliphatic carbocycles. The molecule has 4 nitrogen and oxygen atoms in total. The van der Waals surface area contributed by atoms with Crippen LogP contribution in [0.25, 0.3) is 0 Å². The first-order valence-electron chi connectivity index (χ1n) is 8.64. The lowest BCUT2D eigenvalue weighted by Gasteiger charge is -2.30. The molecule has 0 bridgehead atoms. The number of hydrogen-bond acceptors (Lipinski definition) is 4. The van der Waals surface area contributed by atoms with Gasteiger partial charge in [0.1, 0.15) is 12.4 Å². The van der Waals surface area contributed by atoms with Crippen molar-refractivity contribution >= 4 is 11.5 Å². The molecule has 0 amide bonds. The van der Waals surface area contributed by atoms with E-state index in [1.54, 1.807) is 0 Å². The first-order valence-corrected chi connectivity index (χ1v) is 8.64. The molecule has 4 heteroatoms. The van der Waals surface area contributed by atoms with Crippen LogP contribution in [0.1, 0.15) is 47.2 Å². The number of ketones is 1. The Hall–Kier alpha value is -2.33. The van der Waals surface area contributed by atoms with Gasteiger partial charge >= 0.3 is 0 Å². The molecular weight excluding hydrogens is 300 g/mol. The Morgan fingerprint density at radius 2 is 1.88 bits per heavy atom. The van der Waals surface area contributed by atoms with Gasteiger partial charge < -0.3 is 15.8 Å². The van der Waals surface area contributed by atoms with Crippen LogP contribution in [-0.4, -0.2) is 17.9 Å². The summed E-state index contributed by atoms with van der Waals surface area (Å²) in [6, 6.07) is 13.8. The molecule has 3 N–H and O–H groups in total. The number of nitrogens with two attached hydrogens (primary N) is 1. The summed E-state index contributed by atoms with van der Waals surface area (Å²) in [5.74, 6) is 0.671. The van der Waals surface area contributed by atoms with E-state index >= 15 is 0 Å². The van der Waals surface area contributed by atoms with Crippen LogP contribution < -0.4 is 15.8 Å². The number of rotatable bonds is 2. The number of benzene rings is 2. The summed E-state index contributed by atoms with van der Waals surface area (Å²) in [4.78, 5) is 12.8. The largest absolute Gasteiger partial charge is 0.488 e. The third kappa shape index (κ3) is 2.78. The monoisotopic (exact) mass is 322 g/mol. The standard InChI is InChI=1S/C20H22N2O2/c21-17-7-3-4-8-18(17)22-14-9-10-16-19(11-14)24-12-13-5-1-2-6-15(13)20(16)23/h1-2,5-6,9-11,17-18,22H,3-4,7-8,12,21H2/t17?,18-/m0/s1. The molecule has 0 saturated heterocycles. The number of fused-ring (bicyclic) bond motifs is 2. The third-order valence-electron chi connectivity index (χ3n) is 5.04. The fraction of sp³-hybridized carbons (Fsp3) is 0.350. The van der Waals surface area contributed by atoms with Crippen molar-refractivity contribution in [1.82, 2.24) is 0 Å². The Morgan fingerprint density at radius 3 is 2.75 bits per heavy atom. The maximum absolute atomic E-state index is 12.8. The maximum atomic E-state index is 12.8. The predicted molar refractivity (Wildman–Crippen MR) is 94.5 cm³/mol. The van der Waals surface area contributed by atoms with Gasteiger partial charge in [0, 0.05) is 35.0 Å². The highest BCUT2D eigenvalue weighted by Crippen LogP contribution is 2.32. The molecule has 124 valence electrons. The molecule has 1 aliphatic heterocycles. The van der Waals surface area contributed by atoms with Gasteiger partial charge in [-0.05, 0) is 25.0 Å². The molecular formula is C20H22N2O2. The van der Waals surface area contributed by atoms with E-state index in [4.69, 9.17) is 10.5 Å². The minimum Gasteiger partial charge on any atom is -0.488 e. The molecule has 1 heterocycles. The van der Waals surface area contributed by atoms with Crippen LogP contribution in [0.3, 0.4) is 0 Å². The second kappa shape index (κ2) is 6.29. The van der Waals surface area contributed by atoms with E-state index in [1.807, 2.05) is 42.5 Å². The molecule has 0 radical (unpaired) electrons. The highest BCUT2D eigenvalue weighted by atomic mass is 16.5. The number of ether oxygens (including phenoxy) is 1. The molecule has 0 spiro atoms. The van der Waals surface area contributed by atoms with Gasteiger partial charge in [-0.15, -0.1) is 0 Å². The van der Waals surface area contributed by atoms with Gasteiger partial charge in [-0.1, -0.05) is 37.1 Å². The summed E-state index contributed by atoms with van der Waals surface area (Å²) in [5.41, 5.74) is 9.47. The Balaban J connectivity index is 1.61. The molecule has 2 aromatic carbocycles. The second-order valence-electron chi connectivity index (χ2n) is 6.69. The second-order valence-corrected chi connectivity index (χ2v) is 6.69. The van der Waals surface area contributed by atoms with E-state index in [9.17, 15) is 4.79 Å². The first kappa shape index (κ1) is 15.2. The number of anilines is 1. The number of carbonyl (C=O) groups excluding carboxylic acids is 1. The van der Waals surface area contributed by atoms with Crippen LogP contribution in [0, 0.1) is 0 Å². The van der Waals surface area contributed by atoms with Gasteiger partial charge in [0.2, 0.25) is 0 Å². The van der Waals surface area contributed by atoms with E-state index in [-0.39, 0.29) is 17.9 Å². The fourth-order valence-corrected chi connectivity index (χ4v) is 3.64. The molecule has 1 unspecified atom stereocenters. The van der Waals surface area contributed by atoms with E-state index < -0.39 is 0 Å². The highest BCUT2D eigenvalue weighted by molar-refractivity contribution is 6.12. The van der Waals surface area contributed by atoms with Crippen LogP contribution in [0.5, 0.6) is 5.75 Å². The van der Waals surface area contributed by atoms with Gasteiger partial charge in [0.15, 0.2) is 5.78 Å². The fourth-order valence-electron chi connectivity index (χ4n) is 3.64. The zero-order valence-corrected chi connectivity index (χ0v) is 13.6. The molecule has 24 heavy (non-hydrogen) atoms. The van der Waals surface area contributed by atoms with Gasteiger partial charge in [-0.3, -0.25) is 4.79 Å². The lowest BCUT2D eigenvalue weighted by Crippen LogP contribution is -2.42. The molecule has 0 aromatic heterocycles. The molecule has 2 aliphatic rings. The van der Waals surface area contributed by atoms with Crippen molar-refractivity contribution in [2.24, 2.45) is 5.73 Å². The number of hydrogen-bond donors (Lipinski definition) is 2. The summed E-state index contributed by atoms with van der Waals surface area (Å²) in [5, 5.41) is 3.52. The van der Waals surface area contributed by atoms with Crippen LogP contribution >= 0.6 is 0 Å². The van der Waals surface area contributed by atoms with Crippen LogP contribution in [0.4, 0.5) is 5.69 Å². The Morgan fingerprint density at radius 1 is 1.04 bits per heavy atom. The minimum atomic E-state index is 0.0269. The minimum absolute atomic E-state index is 0.0269. The normalized spacial score (nSPS) is 22.8. The van der Waals surface area contributed by atoms with Crippen molar-refractivity contribution in [2.75, 3.05) is 5.32 Å². The Labute approximate surface area is 142 Å². The van der Waals surface area contributed by atoms with Crippen molar-refractivity contribution in [1.29, 1.82) is 0 Å². The number of nitrogens with one attached hydrogen (secondary N) is 1. The molecule has 4 rings (SSSR count). The van der Waals surface area contributed by atoms with Gasteiger partial charge in [0.25, 0.3) is 0 Å². The zero-order valence-electron chi connectivity index (χ0n) is 13.6. The zero-order chi connectivity index (χ0) is 16.5. The molecule has 1 saturated carbocycles. The Kier molecular flexibility index (Phi) is 3.98. The predicted octanol–water partition coefficient (Wildman–Crippen LogP) is 3.49. The summed E-state index contributed by atoms with van der Waals surface area (Å²) in [7, 11) is 0. The topological polar surface area (TPSA) is 64.3 Å². The van der Waals surface area contributed by atoms with Gasteiger partial charge in [-0.2, -0.15) is 0 Å². The molecule has 1 fully saturated rings. The third-order valence-corrected chi connectivity index (χ3v) is 5.04. The van der Waals surface area contributed by atoms with Crippen molar-refractivity contribution in [2.45, 2.75) is 44.4 Å². The SMILES string of the molecule is NC1CCCC[C@@H]1Nc1ccc2c(c1)OCc1ccccc1C2=O. The maximum Gasteiger partial charge on any atom is 0.197 e. The van der Waals surface area contributed by atoms with Crippen molar-refractivity contribution in [3.8, 4) is 5.75 Å². The molecule has 2 atom stereocenters. The van der Waals surface area contributed by atoms with Gasteiger partial charge in [-0.25, -0.2) is 0 Å².